The topological polar surface area (TPSA) is 376 Å². The molecule has 53 heavy (non-hydrogen) atoms. The minimum Gasteiger partial charge on any atom is -0.480 e. The molecule has 7 amide bonds. The third kappa shape index (κ3) is 17.7. The van der Waals surface area contributed by atoms with Gasteiger partial charge in [0.15, 0.2) is 0 Å². The Labute approximate surface area is 305 Å². The van der Waals surface area contributed by atoms with E-state index in [1.54, 1.807) is 13.8 Å². The fraction of sp³-hybridized carbons (Fsp3) is 0.645. The number of rotatable bonds is 26. The van der Waals surface area contributed by atoms with Crippen LogP contribution >= 0.6 is 0 Å². The Morgan fingerprint density at radius 2 is 1.26 bits per heavy atom. The minimum atomic E-state index is -1.65. The number of hydrogen-bond donors (Lipinski definition) is 13. The largest absolute Gasteiger partial charge is 0.480 e. The zero-order valence-electron chi connectivity index (χ0n) is 29.8. The van der Waals surface area contributed by atoms with Gasteiger partial charge in [0.2, 0.25) is 41.4 Å². The third-order valence-electron chi connectivity index (χ3n) is 7.61. The fourth-order valence-electron chi connectivity index (χ4n) is 4.79. The first-order chi connectivity index (χ1) is 25.0. The Morgan fingerprint density at radius 3 is 1.75 bits per heavy atom. The van der Waals surface area contributed by atoms with E-state index >= 15 is 0 Å². The molecule has 22 nitrogen and oxygen atoms in total. The average molecular weight is 756 g/mol. The van der Waals surface area contributed by atoms with Crippen molar-refractivity contribution in [2.45, 2.75) is 95.0 Å². The lowest BCUT2D eigenvalue weighted by Gasteiger charge is -2.27. The first kappa shape index (κ1) is 45.8. The molecule has 1 aromatic rings. The lowest BCUT2D eigenvalue weighted by Crippen LogP contribution is -2.60. The summed E-state index contributed by atoms with van der Waals surface area (Å²) < 4.78 is 0. The first-order valence-electron chi connectivity index (χ1n) is 17.0. The molecule has 1 aromatic heterocycles. The Hall–Kier alpha value is -5.19. The standard InChI is InChI=1S/C31H53N11O11/c1-16(2)9-21(29(51)39-20(6-7-24(34)45)27(49)36-12-25(46)47)40-28(50)19(5-3-4-8-32)38-30(52)23(14-44)42-31(53)22(13-43)41-26(48)18(33)10-17-11-35-15-37-17/h11,15-16,18-23,43-44H,3-10,12-14,32-33H2,1-2H3,(H2,34,45)(H,35,37)(H,36,49)(H,38,52)(H,39,51)(H,40,50)(H,41,48)(H,42,53)(H,46,47)/t18-,19-,20-,21-,22-,23-/m0/s1. The lowest BCUT2D eigenvalue weighted by atomic mass is 10.0. The van der Waals surface area contributed by atoms with Crippen molar-refractivity contribution in [1.82, 2.24) is 41.9 Å². The van der Waals surface area contributed by atoms with Gasteiger partial charge in [-0.15, -0.1) is 0 Å². The monoisotopic (exact) mass is 755 g/mol. The molecule has 0 spiro atoms. The number of imidazole rings is 1. The van der Waals surface area contributed by atoms with Crippen molar-refractivity contribution >= 4 is 47.3 Å². The minimum absolute atomic E-state index is 0.0132. The number of carboxylic acids is 1. The number of H-pyrrole nitrogens is 1. The van der Waals surface area contributed by atoms with E-state index in [4.69, 9.17) is 22.3 Å². The van der Waals surface area contributed by atoms with Crippen LogP contribution in [0.15, 0.2) is 12.5 Å². The fourth-order valence-corrected chi connectivity index (χ4v) is 4.79. The van der Waals surface area contributed by atoms with Crippen LogP contribution in [0.3, 0.4) is 0 Å². The number of aliphatic hydroxyl groups is 2. The Bertz CT molecular complexity index is 1380. The Kier molecular flexibility index (Phi) is 20.9. The number of hydrogen-bond acceptors (Lipinski definition) is 13. The highest BCUT2D eigenvalue weighted by Gasteiger charge is 2.33. The first-order valence-corrected chi connectivity index (χ1v) is 17.0. The summed E-state index contributed by atoms with van der Waals surface area (Å²) in [5, 5.41) is 42.7. The summed E-state index contributed by atoms with van der Waals surface area (Å²) in [6.07, 6.45) is 3.14. The van der Waals surface area contributed by atoms with Crippen LogP contribution in [0, 0.1) is 5.92 Å². The molecule has 0 aliphatic heterocycles. The highest BCUT2D eigenvalue weighted by molar-refractivity contribution is 5.97. The van der Waals surface area contributed by atoms with Crippen molar-refractivity contribution in [3.05, 3.63) is 18.2 Å². The van der Waals surface area contributed by atoms with Gasteiger partial charge in [-0.1, -0.05) is 13.8 Å². The molecular weight excluding hydrogens is 702 g/mol. The van der Waals surface area contributed by atoms with Gasteiger partial charge in [-0.3, -0.25) is 38.4 Å². The van der Waals surface area contributed by atoms with Crippen molar-refractivity contribution in [2.24, 2.45) is 23.1 Å². The van der Waals surface area contributed by atoms with Gasteiger partial charge >= 0.3 is 5.97 Å². The van der Waals surface area contributed by atoms with Crippen LogP contribution in [0.4, 0.5) is 0 Å². The number of aromatic nitrogens is 2. The van der Waals surface area contributed by atoms with E-state index in [0.29, 0.717) is 18.5 Å². The van der Waals surface area contributed by atoms with Crippen LogP contribution in [-0.2, 0) is 44.8 Å². The summed E-state index contributed by atoms with van der Waals surface area (Å²) in [5.74, 6) is -7.75. The predicted molar refractivity (Wildman–Crippen MR) is 186 cm³/mol. The van der Waals surface area contributed by atoms with Gasteiger partial charge in [0.05, 0.1) is 25.6 Å². The predicted octanol–water partition coefficient (Wildman–Crippen LogP) is -5.67. The molecule has 0 bridgehead atoms. The number of nitrogens with one attached hydrogen (secondary N) is 7. The van der Waals surface area contributed by atoms with E-state index in [2.05, 4.69) is 41.9 Å². The number of amides is 7. The Balaban J connectivity index is 3.10. The van der Waals surface area contributed by atoms with Gasteiger partial charge in [0.25, 0.3) is 0 Å². The number of aliphatic hydroxyl groups excluding tert-OH is 2. The maximum absolute atomic E-state index is 13.6. The number of carbonyl (C=O) groups is 8. The van der Waals surface area contributed by atoms with Gasteiger partial charge in [-0.2, -0.15) is 0 Å². The molecule has 6 atom stereocenters. The van der Waals surface area contributed by atoms with Crippen LogP contribution in [0.2, 0.25) is 0 Å². The molecule has 0 aliphatic carbocycles. The third-order valence-corrected chi connectivity index (χ3v) is 7.61. The highest BCUT2D eigenvalue weighted by Crippen LogP contribution is 2.09. The second-order valence-corrected chi connectivity index (χ2v) is 12.6. The van der Waals surface area contributed by atoms with E-state index in [0.717, 1.165) is 0 Å². The summed E-state index contributed by atoms with van der Waals surface area (Å²) >= 11 is 0. The van der Waals surface area contributed by atoms with Gasteiger partial charge < -0.3 is 69.4 Å². The maximum atomic E-state index is 13.6. The van der Waals surface area contributed by atoms with Crippen LogP contribution in [0.1, 0.15) is 58.1 Å². The van der Waals surface area contributed by atoms with E-state index in [9.17, 15) is 48.6 Å². The molecule has 16 N–H and O–H groups in total. The summed E-state index contributed by atoms with van der Waals surface area (Å²) in [6, 6.07) is -8.31. The summed E-state index contributed by atoms with van der Waals surface area (Å²) in [4.78, 5) is 107. The summed E-state index contributed by atoms with van der Waals surface area (Å²) in [7, 11) is 0. The number of nitrogens with two attached hydrogens (primary N) is 3. The Morgan fingerprint density at radius 1 is 0.755 bits per heavy atom. The van der Waals surface area contributed by atoms with E-state index in [1.807, 2.05) is 0 Å². The molecule has 0 saturated carbocycles. The molecule has 0 aliphatic rings. The van der Waals surface area contributed by atoms with Gasteiger partial charge in [-0.05, 0) is 44.6 Å². The zero-order valence-corrected chi connectivity index (χ0v) is 29.8. The number of primary amides is 1. The summed E-state index contributed by atoms with van der Waals surface area (Å²) in [6.45, 7) is 1.16. The van der Waals surface area contributed by atoms with Crippen molar-refractivity contribution in [2.75, 3.05) is 26.3 Å². The molecule has 0 radical (unpaired) electrons. The number of aliphatic carboxylic acids is 1. The molecule has 0 fully saturated rings. The average Bonchev–Trinajstić information content (AvgIpc) is 3.61. The number of carboxylic acid groups (broad SMARTS) is 1. The van der Waals surface area contributed by atoms with Gasteiger partial charge in [0, 0.05) is 24.7 Å². The van der Waals surface area contributed by atoms with Crippen molar-refractivity contribution in [1.29, 1.82) is 0 Å². The highest BCUT2D eigenvalue weighted by atomic mass is 16.4. The molecular formula is C31H53N11O11. The summed E-state index contributed by atoms with van der Waals surface area (Å²) in [5.41, 5.74) is 17.2. The number of aromatic amines is 1. The molecule has 0 saturated heterocycles. The van der Waals surface area contributed by atoms with Crippen LogP contribution in [-0.4, -0.2) is 135 Å². The zero-order chi connectivity index (χ0) is 40.1. The second kappa shape index (κ2) is 24.1. The molecule has 0 aromatic carbocycles. The van der Waals surface area contributed by atoms with Gasteiger partial charge in [0.1, 0.15) is 36.8 Å². The maximum Gasteiger partial charge on any atom is 0.322 e. The number of unbranched alkanes of at least 4 members (excludes halogenated alkanes) is 1. The second-order valence-electron chi connectivity index (χ2n) is 12.6. The van der Waals surface area contributed by atoms with E-state index in [-0.39, 0.29) is 44.6 Å². The molecule has 298 valence electrons. The smallest absolute Gasteiger partial charge is 0.322 e. The van der Waals surface area contributed by atoms with Crippen molar-refractivity contribution < 1.29 is 53.7 Å². The van der Waals surface area contributed by atoms with E-state index in [1.165, 1.54) is 12.5 Å². The normalized spacial score (nSPS) is 14.4. The van der Waals surface area contributed by atoms with Crippen LogP contribution in [0.25, 0.3) is 0 Å². The SMILES string of the molecule is CC(C)C[C@H](NC(=O)[C@H](CCCCN)NC(=O)[C@H](CO)NC(=O)[C@H](CO)NC(=O)[C@@H](N)Cc1cnc[nH]1)C(=O)N[C@@H](CCC(N)=O)C(=O)NCC(=O)O. The van der Waals surface area contributed by atoms with Crippen molar-refractivity contribution in [3.8, 4) is 0 Å². The van der Waals surface area contributed by atoms with Crippen molar-refractivity contribution in [3.63, 3.8) is 0 Å². The lowest BCUT2D eigenvalue weighted by molar-refractivity contribution is -0.139. The number of carbonyl (C=O) groups excluding carboxylic acids is 7. The quantitative estimate of drug-likeness (QED) is 0.0392. The molecule has 1 heterocycles. The number of nitrogens with zero attached hydrogens (tertiary/aromatic N) is 1. The van der Waals surface area contributed by atoms with Crippen LogP contribution in [0.5, 0.6) is 0 Å². The molecule has 1 rings (SSSR count). The molecule has 22 heteroatoms. The van der Waals surface area contributed by atoms with E-state index < -0.39 is 103 Å². The van der Waals surface area contributed by atoms with Gasteiger partial charge in [-0.25, -0.2) is 4.98 Å². The molecule has 0 unspecified atom stereocenters. The van der Waals surface area contributed by atoms with Crippen LogP contribution < -0.4 is 49.1 Å².